The summed E-state index contributed by atoms with van der Waals surface area (Å²) >= 11 is 0. The summed E-state index contributed by atoms with van der Waals surface area (Å²) in [5.74, 6) is 0.896. The topological polar surface area (TPSA) is 46.2 Å². The molecule has 0 radical (unpaired) electrons. The van der Waals surface area contributed by atoms with Gasteiger partial charge in [-0.1, -0.05) is 6.07 Å². The van der Waals surface area contributed by atoms with Crippen LogP contribution in [0.2, 0.25) is 0 Å². The number of anilines is 1. The molecule has 0 amide bonds. The molecule has 2 heteroatoms. The van der Waals surface area contributed by atoms with Crippen LogP contribution >= 0.6 is 0 Å². The standard InChI is InChI=1S/C9H11NO/c10-8-5-7(6-1-2-6)3-4-9(8)11/h3-6,11H,1-2,10H2. The van der Waals surface area contributed by atoms with Gasteiger partial charge in [-0.2, -0.15) is 0 Å². The fourth-order valence-electron chi connectivity index (χ4n) is 1.24. The average molecular weight is 149 g/mol. The third-order valence-electron chi connectivity index (χ3n) is 2.10. The monoisotopic (exact) mass is 149 g/mol. The van der Waals surface area contributed by atoms with Gasteiger partial charge in [0.05, 0.1) is 5.69 Å². The van der Waals surface area contributed by atoms with Crippen LogP contribution in [0.1, 0.15) is 24.3 Å². The predicted octanol–water partition coefficient (Wildman–Crippen LogP) is 1.85. The summed E-state index contributed by atoms with van der Waals surface area (Å²) in [6, 6.07) is 5.49. The lowest BCUT2D eigenvalue weighted by Gasteiger charge is -2.01. The number of nitrogen functional groups attached to an aromatic ring is 1. The zero-order valence-corrected chi connectivity index (χ0v) is 6.25. The van der Waals surface area contributed by atoms with E-state index in [0.29, 0.717) is 11.6 Å². The van der Waals surface area contributed by atoms with E-state index in [0.717, 1.165) is 0 Å². The summed E-state index contributed by atoms with van der Waals surface area (Å²) in [5, 5.41) is 9.12. The van der Waals surface area contributed by atoms with Gasteiger partial charge < -0.3 is 10.8 Å². The Morgan fingerprint density at radius 3 is 2.64 bits per heavy atom. The largest absolute Gasteiger partial charge is 0.506 e. The molecule has 0 aliphatic heterocycles. The second kappa shape index (κ2) is 2.16. The van der Waals surface area contributed by atoms with Crippen LogP contribution in [0.15, 0.2) is 18.2 Å². The maximum Gasteiger partial charge on any atom is 0.138 e. The van der Waals surface area contributed by atoms with Crippen molar-refractivity contribution in [3.63, 3.8) is 0 Å². The Morgan fingerprint density at radius 2 is 2.09 bits per heavy atom. The van der Waals surface area contributed by atoms with E-state index in [2.05, 4.69) is 0 Å². The van der Waals surface area contributed by atoms with Gasteiger partial charge in [-0.3, -0.25) is 0 Å². The van der Waals surface area contributed by atoms with Gasteiger partial charge in [-0.05, 0) is 36.5 Å². The number of benzene rings is 1. The van der Waals surface area contributed by atoms with Crippen molar-refractivity contribution in [1.29, 1.82) is 0 Å². The van der Waals surface area contributed by atoms with E-state index in [4.69, 9.17) is 10.8 Å². The van der Waals surface area contributed by atoms with E-state index in [9.17, 15) is 0 Å². The van der Waals surface area contributed by atoms with E-state index in [1.165, 1.54) is 18.4 Å². The van der Waals surface area contributed by atoms with Crippen molar-refractivity contribution >= 4 is 5.69 Å². The first kappa shape index (κ1) is 6.53. The number of hydrogen-bond donors (Lipinski definition) is 2. The second-order valence-corrected chi connectivity index (χ2v) is 3.09. The van der Waals surface area contributed by atoms with Crippen molar-refractivity contribution in [2.24, 2.45) is 0 Å². The van der Waals surface area contributed by atoms with Crippen molar-refractivity contribution in [2.45, 2.75) is 18.8 Å². The molecule has 11 heavy (non-hydrogen) atoms. The summed E-state index contributed by atoms with van der Waals surface area (Å²) in [7, 11) is 0. The molecule has 0 bridgehead atoms. The Morgan fingerprint density at radius 1 is 1.36 bits per heavy atom. The Labute approximate surface area is 65.7 Å². The predicted molar refractivity (Wildman–Crippen MR) is 44.5 cm³/mol. The molecule has 1 aliphatic carbocycles. The van der Waals surface area contributed by atoms with Crippen molar-refractivity contribution in [3.05, 3.63) is 23.8 Å². The summed E-state index contributed by atoms with van der Waals surface area (Å²) in [6.07, 6.45) is 2.54. The van der Waals surface area contributed by atoms with Gasteiger partial charge in [0.15, 0.2) is 0 Å². The lowest BCUT2D eigenvalue weighted by molar-refractivity contribution is 0.478. The molecule has 0 heterocycles. The molecule has 0 saturated heterocycles. The van der Waals surface area contributed by atoms with E-state index >= 15 is 0 Å². The van der Waals surface area contributed by atoms with Gasteiger partial charge in [0, 0.05) is 0 Å². The fraction of sp³-hybridized carbons (Fsp3) is 0.333. The van der Waals surface area contributed by atoms with Crippen molar-refractivity contribution in [3.8, 4) is 5.75 Å². The maximum atomic E-state index is 9.12. The molecule has 1 saturated carbocycles. The van der Waals surface area contributed by atoms with Crippen LogP contribution in [-0.4, -0.2) is 5.11 Å². The van der Waals surface area contributed by atoms with Crippen LogP contribution in [0.4, 0.5) is 5.69 Å². The van der Waals surface area contributed by atoms with Gasteiger partial charge in [-0.25, -0.2) is 0 Å². The second-order valence-electron chi connectivity index (χ2n) is 3.09. The van der Waals surface area contributed by atoms with Crippen LogP contribution in [0.5, 0.6) is 5.75 Å². The van der Waals surface area contributed by atoms with E-state index in [1.807, 2.05) is 12.1 Å². The smallest absolute Gasteiger partial charge is 0.138 e. The van der Waals surface area contributed by atoms with E-state index in [1.54, 1.807) is 6.07 Å². The quantitative estimate of drug-likeness (QED) is 0.473. The molecule has 0 aromatic heterocycles. The minimum absolute atomic E-state index is 0.189. The number of hydrogen-bond acceptors (Lipinski definition) is 2. The minimum atomic E-state index is 0.189. The number of phenolic OH excluding ortho intramolecular Hbond substituents is 1. The molecule has 1 aromatic rings. The van der Waals surface area contributed by atoms with Crippen LogP contribution < -0.4 is 5.73 Å². The van der Waals surface area contributed by atoms with Gasteiger partial charge in [0.25, 0.3) is 0 Å². The highest BCUT2D eigenvalue weighted by atomic mass is 16.3. The molecule has 3 N–H and O–H groups in total. The average Bonchev–Trinajstić information content (AvgIpc) is 2.77. The third kappa shape index (κ3) is 1.16. The van der Waals surface area contributed by atoms with Crippen LogP contribution in [-0.2, 0) is 0 Å². The zero-order chi connectivity index (χ0) is 7.84. The SMILES string of the molecule is Nc1cc(C2CC2)ccc1O. The minimum Gasteiger partial charge on any atom is -0.506 e. The molecule has 1 fully saturated rings. The molecule has 0 atom stereocenters. The van der Waals surface area contributed by atoms with Gasteiger partial charge in [0.1, 0.15) is 5.75 Å². The summed E-state index contributed by atoms with van der Waals surface area (Å²) in [5.41, 5.74) is 7.30. The molecular weight excluding hydrogens is 138 g/mol. The lowest BCUT2D eigenvalue weighted by atomic mass is 10.1. The Kier molecular flexibility index (Phi) is 1.28. The Hall–Kier alpha value is -1.18. The lowest BCUT2D eigenvalue weighted by Crippen LogP contribution is -1.87. The first-order valence-corrected chi connectivity index (χ1v) is 3.86. The summed E-state index contributed by atoms with van der Waals surface area (Å²) in [6.45, 7) is 0. The van der Waals surface area contributed by atoms with E-state index < -0.39 is 0 Å². The van der Waals surface area contributed by atoms with E-state index in [-0.39, 0.29) is 5.75 Å². The molecule has 2 nitrogen and oxygen atoms in total. The van der Waals surface area contributed by atoms with Crippen molar-refractivity contribution in [1.82, 2.24) is 0 Å². The van der Waals surface area contributed by atoms with Crippen molar-refractivity contribution < 1.29 is 5.11 Å². The molecule has 2 rings (SSSR count). The molecule has 0 unspecified atom stereocenters. The van der Waals surface area contributed by atoms with Gasteiger partial charge >= 0.3 is 0 Å². The molecule has 0 spiro atoms. The molecular formula is C9H11NO. The Balaban J connectivity index is 2.36. The number of phenols is 1. The number of rotatable bonds is 1. The molecule has 58 valence electrons. The fourth-order valence-corrected chi connectivity index (χ4v) is 1.24. The molecule has 1 aliphatic rings. The normalized spacial score (nSPS) is 16.7. The van der Waals surface area contributed by atoms with Crippen LogP contribution in [0, 0.1) is 0 Å². The zero-order valence-electron chi connectivity index (χ0n) is 6.25. The summed E-state index contributed by atoms with van der Waals surface area (Å²) in [4.78, 5) is 0. The van der Waals surface area contributed by atoms with Gasteiger partial charge in [-0.15, -0.1) is 0 Å². The number of aromatic hydroxyl groups is 1. The molecule has 1 aromatic carbocycles. The third-order valence-corrected chi connectivity index (χ3v) is 2.10. The first-order chi connectivity index (χ1) is 5.27. The summed E-state index contributed by atoms with van der Waals surface area (Å²) < 4.78 is 0. The Bertz CT molecular complexity index is 279. The van der Waals surface area contributed by atoms with Crippen LogP contribution in [0.3, 0.4) is 0 Å². The van der Waals surface area contributed by atoms with Gasteiger partial charge in [0.2, 0.25) is 0 Å². The number of nitrogens with two attached hydrogens (primary N) is 1. The maximum absolute atomic E-state index is 9.12. The van der Waals surface area contributed by atoms with Crippen molar-refractivity contribution in [2.75, 3.05) is 5.73 Å². The highest BCUT2D eigenvalue weighted by molar-refractivity contribution is 5.54. The van der Waals surface area contributed by atoms with Crippen LogP contribution in [0.25, 0.3) is 0 Å². The first-order valence-electron chi connectivity index (χ1n) is 3.86. The highest BCUT2D eigenvalue weighted by Gasteiger charge is 2.23. The highest BCUT2D eigenvalue weighted by Crippen LogP contribution is 2.41.